The Morgan fingerprint density at radius 3 is 2.00 bits per heavy atom. The number of aliphatic imine (C=N–C) groups is 1. The highest BCUT2D eigenvalue weighted by Gasteiger charge is 2.20. The number of carbonyl (C=O) groups excluding carboxylic acids is 1. The Balaban J connectivity index is 0.000000896. The van der Waals surface area contributed by atoms with Crippen molar-refractivity contribution in [3.63, 3.8) is 0 Å². The number of rotatable bonds is 1. The highest BCUT2D eigenvalue weighted by Crippen LogP contribution is 2.25. The van der Waals surface area contributed by atoms with E-state index in [1.54, 1.807) is 0 Å². The fourth-order valence-electron chi connectivity index (χ4n) is 2.88. The zero-order valence-electron chi connectivity index (χ0n) is 21.5. The fraction of sp³-hybridized carbons (Fsp3) is 0.370. The quantitative estimate of drug-likeness (QED) is 0.428. The molecule has 0 saturated heterocycles. The second-order valence-corrected chi connectivity index (χ2v) is 6.28. The molecule has 1 aliphatic heterocycles. The number of ketones is 1. The van der Waals surface area contributed by atoms with E-state index in [1.165, 1.54) is 13.8 Å². The van der Waals surface area contributed by atoms with Crippen LogP contribution in [0, 0.1) is 18.3 Å². The van der Waals surface area contributed by atoms with Gasteiger partial charge in [0.1, 0.15) is 18.2 Å². The molecule has 2 aromatic carbocycles. The Bertz CT molecular complexity index is 1050. The predicted molar refractivity (Wildman–Crippen MR) is 137 cm³/mol. The number of carbonyl (C=O) groups is 1. The third kappa shape index (κ3) is 8.12. The van der Waals surface area contributed by atoms with E-state index in [4.69, 9.17) is 10.3 Å². The Morgan fingerprint density at radius 1 is 0.909 bits per heavy atom. The molecule has 0 aliphatic carbocycles. The van der Waals surface area contributed by atoms with Gasteiger partial charge >= 0.3 is 0 Å². The standard InChI is InChI=1S/C18H13N5.C3H6O.3C2H6/c1-12-21-22-17-11-20-18(14-8-6-13(10-19)7-9-14)15-4-2-3-5-16(15)23(12)17;1-3(2)4;3*1-2/h2-9H,11H2,1H3;1-2H3;3*1-2H3. The smallest absolute Gasteiger partial charge is 0.159 e. The SMILES string of the molecule is CC.CC.CC.CC(C)=O.Cc1nnc2n1-c1ccccc1C(c1ccc(C#N)cc1)=NC2. The van der Waals surface area contributed by atoms with Gasteiger partial charge in [-0.1, -0.05) is 71.9 Å². The normalized spacial score (nSPS) is 10.1. The van der Waals surface area contributed by atoms with Crippen LogP contribution >= 0.6 is 0 Å². The summed E-state index contributed by atoms with van der Waals surface area (Å²) >= 11 is 0. The number of Topliss-reactive ketones (excluding diaryl/α,β-unsaturated/α-hetero) is 1. The lowest BCUT2D eigenvalue weighted by Crippen LogP contribution is -2.08. The van der Waals surface area contributed by atoms with E-state index in [2.05, 4.69) is 33.0 Å². The number of hydrogen-bond acceptors (Lipinski definition) is 5. The minimum absolute atomic E-state index is 0.167. The van der Waals surface area contributed by atoms with Crippen molar-refractivity contribution < 1.29 is 4.79 Å². The molecule has 33 heavy (non-hydrogen) atoms. The summed E-state index contributed by atoms with van der Waals surface area (Å²) in [5.41, 5.74) is 4.62. The summed E-state index contributed by atoms with van der Waals surface area (Å²) in [4.78, 5) is 14.2. The minimum Gasteiger partial charge on any atom is -0.300 e. The van der Waals surface area contributed by atoms with Gasteiger partial charge in [-0.25, -0.2) is 0 Å². The summed E-state index contributed by atoms with van der Waals surface area (Å²) < 4.78 is 2.05. The zero-order valence-corrected chi connectivity index (χ0v) is 21.5. The van der Waals surface area contributed by atoms with Crippen molar-refractivity contribution in [2.24, 2.45) is 4.99 Å². The first kappa shape index (κ1) is 29.4. The number of para-hydroxylation sites is 1. The van der Waals surface area contributed by atoms with E-state index in [-0.39, 0.29) is 5.78 Å². The second-order valence-electron chi connectivity index (χ2n) is 6.28. The molecule has 1 aliphatic rings. The van der Waals surface area contributed by atoms with Crippen LogP contribution in [0.4, 0.5) is 0 Å². The van der Waals surface area contributed by atoms with Crippen LogP contribution in [0.25, 0.3) is 5.69 Å². The Kier molecular flexibility index (Phi) is 14.3. The number of aryl methyl sites for hydroxylation is 1. The molecule has 0 bridgehead atoms. The lowest BCUT2D eigenvalue weighted by molar-refractivity contribution is -0.114. The molecule has 176 valence electrons. The van der Waals surface area contributed by atoms with Crippen LogP contribution in [0.3, 0.4) is 0 Å². The van der Waals surface area contributed by atoms with Gasteiger partial charge < -0.3 is 4.79 Å². The molecule has 0 atom stereocenters. The number of aromatic nitrogens is 3. The number of benzene rings is 2. The number of fused-ring (bicyclic) bond motifs is 3. The van der Waals surface area contributed by atoms with Crippen molar-refractivity contribution in [3.8, 4) is 11.8 Å². The summed E-state index contributed by atoms with van der Waals surface area (Å²) in [6.07, 6.45) is 0. The molecule has 0 radical (unpaired) electrons. The minimum atomic E-state index is 0.167. The van der Waals surface area contributed by atoms with Crippen molar-refractivity contribution in [1.82, 2.24) is 14.8 Å². The molecule has 0 amide bonds. The largest absolute Gasteiger partial charge is 0.300 e. The maximum Gasteiger partial charge on any atom is 0.159 e. The van der Waals surface area contributed by atoms with Gasteiger partial charge in [0.2, 0.25) is 0 Å². The summed E-state index contributed by atoms with van der Waals surface area (Å²) in [5.74, 6) is 1.85. The monoisotopic (exact) mass is 447 g/mol. The molecule has 6 nitrogen and oxygen atoms in total. The van der Waals surface area contributed by atoms with Crippen molar-refractivity contribution in [2.75, 3.05) is 0 Å². The van der Waals surface area contributed by atoms with Crippen molar-refractivity contribution in [2.45, 2.75) is 68.9 Å². The summed E-state index contributed by atoms with van der Waals surface area (Å²) in [7, 11) is 0. The first-order valence-corrected chi connectivity index (χ1v) is 11.5. The summed E-state index contributed by atoms with van der Waals surface area (Å²) in [6, 6.07) is 17.8. The molecule has 0 spiro atoms. The van der Waals surface area contributed by atoms with Gasteiger partial charge in [0.15, 0.2) is 5.82 Å². The number of hydrogen-bond donors (Lipinski definition) is 0. The van der Waals surface area contributed by atoms with E-state index < -0.39 is 0 Å². The van der Waals surface area contributed by atoms with Crippen LogP contribution in [0.15, 0.2) is 53.5 Å². The van der Waals surface area contributed by atoms with Crippen LogP contribution in [0.1, 0.15) is 83.7 Å². The average Bonchev–Trinajstić information content (AvgIpc) is 3.14. The van der Waals surface area contributed by atoms with Gasteiger partial charge in [-0.3, -0.25) is 9.56 Å². The van der Waals surface area contributed by atoms with Gasteiger partial charge in [-0.2, -0.15) is 5.26 Å². The van der Waals surface area contributed by atoms with Gasteiger partial charge in [-0.05, 0) is 39.0 Å². The van der Waals surface area contributed by atoms with E-state index in [9.17, 15) is 4.79 Å². The Morgan fingerprint density at radius 2 is 1.45 bits per heavy atom. The highest BCUT2D eigenvalue weighted by atomic mass is 16.1. The highest BCUT2D eigenvalue weighted by molar-refractivity contribution is 6.15. The number of nitrogens with zero attached hydrogens (tertiary/aromatic N) is 5. The van der Waals surface area contributed by atoms with Gasteiger partial charge in [0, 0.05) is 11.1 Å². The lowest BCUT2D eigenvalue weighted by atomic mass is 9.99. The molecular weight excluding hydrogens is 410 g/mol. The predicted octanol–water partition coefficient (Wildman–Crippen LogP) is 6.47. The molecule has 0 fully saturated rings. The maximum absolute atomic E-state index is 9.44. The van der Waals surface area contributed by atoms with Crippen LogP contribution in [0.2, 0.25) is 0 Å². The molecule has 2 heterocycles. The molecule has 3 aromatic rings. The third-order valence-corrected chi connectivity index (χ3v) is 3.96. The first-order chi connectivity index (χ1) is 16.0. The fourth-order valence-corrected chi connectivity index (χ4v) is 2.88. The molecular formula is C27H37N5O. The molecule has 0 unspecified atom stereocenters. The molecule has 6 heteroatoms. The topological polar surface area (TPSA) is 83.9 Å². The van der Waals surface area contributed by atoms with Gasteiger partial charge in [0.25, 0.3) is 0 Å². The molecule has 0 N–H and O–H groups in total. The maximum atomic E-state index is 9.44. The molecule has 0 saturated carbocycles. The molecule has 1 aromatic heterocycles. The van der Waals surface area contributed by atoms with Crippen LogP contribution in [0.5, 0.6) is 0 Å². The average molecular weight is 448 g/mol. The van der Waals surface area contributed by atoms with Gasteiger partial charge in [0.05, 0.1) is 23.0 Å². The first-order valence-electron chi connectivity index (χ1n) is 11.5. The van der Waals surface area contributed by atoms with Crippen LogP contribution in [-0.4, -0.2) is 26.3 Å². The lowest BCUT2D eigenvalue weighted by Gasteiger charge is -2.12. The molecule has 4 rings (SSSR count). The van der Waals surface area contributed by atoms with E-state index in [1.807, 2.05) is 84.9 Å². The van der Waals surface area contributed by atoms with Crippen LogP contribution in [-0.2, 0) is 11.3 Å². The Labute approximate surface area is 199 Å². The Hall–Kier alpha value is -3.59. The van der Waals surface area contributed by atoms with E-state index >= 15 is 0 Å². The number of nitriles is 1. The summed E-state index contributed by atoms with van der Waals surface area (Å²) in [6.45, 7) is 17.5. The second kappa shape index (κ2) is 16.1. The van der Waals surface area contributed by atoms with E-state index in [0.717, 1.165) is 34.2 Å². The van der Waals surface area contributed by atoms with Crippen molar-refractivity contribution in [1.29, 1.82) is 5.26 Å². The van der Waals surface area contributed by atoms with E-state index in [0.29, 0.717) is 12.1 Å². The summed E-state index contributed by atoms with van der Waals surface area (Å²) in [5, 5.41) is 17.4. The van der Waals surface area contributed by atoms with Crippen molar-refractivity contribution in [3.05, 3.63) is 76.9 Å². The van der Waals surface area contributed by atoms with Gasteiger partial charge in [-0.15, -0.1) is 10.2 Å². The van der Waals surface area contributed by atoms with Crippen molar-refractivity contribution >= 4 is 11.5 Å². The van der Waals surface area contributed by atoms with Crippen LogP contribution < -0.4 is 0 Å². The zero-order chi connectivity index (χ0) is 25.4. The third-order valence-electron chi connectivity index (χ3n) is 3.96.